The Morgan fingerprint density at radius 1 is 1.29 bits per heavy atom. The number of aromatic nitrogens is 2. The fourth-order valence-corrected chi connectivity index (χ4v) is 1.95. The van der Waals surface area contributed by atoms with Gasteiger partial charge in [0.1, 0.15) is 5.82 Å². The zero-order valence-electron chi connectivity index (χ0n) is 8.11. The van der Waals surface area contributed by atoms with E-state index in [1.807, 2.05) is 7.05 Å². The predicted octanol–water partition coefficient (Wildman–Crippen LogP) is 2.56. The first-order chi connectivity index (χ1) is 6.81. The van der Waals surface area contributed by atoms with Crippen molar-refractivity contribution in [3.8, 4) is 11.3 Å². The van der Waals surface area contributed by atoms with Crippen LogP contribution >= 0.6 is 11.3 Å². The minimum Gasteiger partial charge on any atom is -0.372 e. The van der Waals surface area contributed by atoms with Crippen LogP contribution in [0.2, 0.25) is 0 Å². The molecule has 0 bridgehead atoms. The van der Waals surface area contributed by atoms with Gasteiger partial charge in [0.2, 0.25) is 0 Å². The van der Waals surface area contributed by atoms with E-state index in [0.29, 0.717) is 0 Å². The van der Waals surface area contributed by atoms with Gasteiger partial charge >= 0.3 is 0 Å². The summed E-state index contributed by atoms with van der Waals surface area (Å²) in [5, 5.41) is 5.01. The lowest BCUT2D eigenvalue weighted by Crippen LogP contribution is -1.93. The van der Waals surface area contributed by atoms with Crippen molar-refractivity contribution < 1.29 is 0 Å². The highest BCUT2D eigenvalue weighted by Crippen LogP contribution is 2.25. The van der Waals surface area contributed by atoms with E-state index in [1.165, 1.54) is 10.4 Å². The molecule has 2 heterocycles. The molecule has 0 spiro atoms. The average Bonchev–Trinajstić information content (AvgIpc) is 2.65. The molecule has 72 valence electrons. The van der Waals surface area contributed by atoms with Crippen LogP contribution in [0.15, 0.2) is 23.8 Å². The van der Waals surface area contributed by atoms with E-state index in [9.17, 15) is 0 Å². The van der Waals surface area contributed by atoms with Crippen LogP contribution in [0.1, 0.15) is 4.88 Å². The van der Waals surface area contributed by atoms with Gasteiger partial charge in [0, 0.05) is 17.5 Å². The van der Waals surface area contributed by atoms with Crippen molar-refractivity contribution in [3.05, 3.63) is 28.7 Å². The Hall–Kier alpha value is -1.42. The minimum absolute atomic E-state index is 0.793. The van der Waals surface area contributed by atoms with E-state index in [0.717, 1.165) is 11.5 Å². The standard InChI is InChI=1S/C10H11N3S/c1-7-8(3-4-14-7)9-5-13-10(11-2)6-12-9/h3-6H,1-2H3,(H,11,13). The second kappa shape index (κ2) is 3.75. The van der Waals surface area contributed by atoms with E-state index < -0.39 is 0 Å². The highest BCUT2D eigenvalue weighted by molar-refractivity contribution is 7.10. The third-order valence-corrected chi connectivity index (χ3v) is 2.89. The van der Waals surface area contributed by atoms with Crippen LogP contribution < -0.4 is 5.32 Å². The van der Waals surface area contributed by atoms with E-state index >= 15 is 0 Å². The van der Waals surface area contributed by atoms with Crippen LogP contribution in [0.3, 0.4) is 0 Å². The van der Waals surface area contributed by atoms with E-state index in [2.05, 4.69) is 33.7 Å². The fraction of sp³-hybridized carbons (Fsp3) is 0.200. The molecular formula is C10H11N3S. The first-order valence-corrected chi connectivity index (χ1v) is 5.23. The maximum absolute atomic E-state index is 4.33. The highest BCUT2D eigenvalue weighted by atomic mass is 32.1. The lowest BCUT2D eigenvalue weighted by molar-refractivity contribution is 1.19. The molecule has 2 rings (SSSR count). The van der Waals surface area contributed by atoms with Crippen LogP contribution in [0.4, 0.5) is 5.82 Å². The number of hydrogen-bond donors (Lipinski definition) is 1. The number of aryl methyl sites for hydroxylation is 1. The Kier molecular flexibility index (Phi) is 2.45. The van der Waals surface area contributed by atoms with Crippen LogP contribution in [0.5, 0.6) is 0 Å². The van der Waals surface area contributed by atoms with Crippen LogP contribution in [0, 0.1) is 6.92 Å². The number of rotatable bonds is 2. The molecule has 14 heavy (non-hydrogen) atoms. The molecule has 0 atom stereocenters. The summed E-state index contributed by atoms with van der Waals surface area (Å²) in [5.74, 6) is 0.793. The first-order valence-electron chi connectivity index (χ1n) is 4.35. The highest BCUT2D eigenvalue weighted by Gasteiger charge is 2.04. The van der Waals surface area contributed by atoms with Crippen molar-refractivity contribution in [2.24, 2.45) is 0 Å². The van der Waals surface area contributed by atoms with Crippen molar-refractivity contribution in [2.75, 3.05) is 12.4 Å². The molecule has 0 aliphatic heterocycles. The Morgan fingerprint density at radius 2 is 2.14 bits per heavy atom. The summed E-state index contributed by atoms with van der Waals surface area (Å²) >= 11 is 1.73. The maximum Gasteiger partial charge on any atom is 0.144 e. The Balaban J connectivity index is 2.39. The Bertz CT molecular complexity index is 419. The summed E-state index contributed by atoms with van der Waals surface area (Å²) in [6, 6.07) is 2.07. The topological polar surface area (TPSA) is 37.8 Å². The quantitative estimate of drug-likeness (QED) is 0.818. The predicted molar refractivity (Wildman–Crippen MR) is 59.6 cm³/mol. The van der Waals surface area contributed by atoms with Gasteiger partial charge in [0.15, 0.2) is 0 Å². The molecule has 1 N–H and O–H groups in total. The summed E-state index contributed by atoms with van der Waals surface area (Å²) in [7, 11) is 1.83. The smallest absolute Gasteiger partial charge is 0.144 e. The van der Waals surface area contributed by atoms with Crippen molar-refractivity contribution in [2.45, 2.75) is 6.92 Å². The average molecular weight is 205 g/mol. The number of thiophene rings is 1. The molecule has 0 unspecified atom stereocenters. The molecule has 0 aromatic carbocycles. The van der Waals surface area contributed by atoms with Gasteiger partial charge < -0.3 is 5.32 Å². The van der Waals surface area contributed by atoms with Crippen LogP contribution in [0.25, 0.3) is 11.3 Å². The maximum atomic E-state index is 4.33. The number of hydrogen-bond acceptors (Lipinski definition) is 4. The molecule has 2 aromatic heterocycles. The number of nitrogens with one attached hydrogen (secondary N) is 1. The third-order valence-electron chi connectivity index (χ3n) is 2.04. The molecule has 0 saturated carbocycles. The number of nitrogens with zero attached hydrogens (tertiary/aromatic N) is 2. The van der Waals surface area contributed by atoms with Crippen molar-refractivity contribution >= 4 is 17.2 Å². The zero-order valence-corrected chi connectivity index (χ0v) is 8.93. The Morgan fingerprint density at radius 3 is 2.64 bits per heavy atom. The summed E-state index contributed by atoms with van der Waals surface area (Å²) < 4.78 is 0. The van der Waals surface area contributed by atoms with Crippen molar-refractivity contribution in [1.82, 2.24) is 9.97 Å². The molecule has 0 radical (unpaired) electrons. The largest absolute Gasteiger partial charge is 0.372 e. The van der Waals surface area contributed by atoms with E-state index in [4.69, 9.17) is 0 Å². The molecule has 3 nitrogen and oxygen atoms in total. The van der Waals surface area contributed by atoms with Gasteiger partial charge in [-0.2, -0.15) is 0 Å². The van der Waals surface area contributed by atoms with Gasteiger partial charge in [-0.05, 0) is 18.4 Å². The molecule has 0 aliphatic rings. The normalized spacial score (nSPS) is 10.1. The molecule has 0 fully saturated rings. The fourth-order valence-electron chi connectivity index (χ4n) is 1.25. The van der Waals surface area contributed by atoms with Crippen molar-refractivity contribution in [3.63, 3.8) is 0 Å². The molecule has 0 amide bonds. The van der Waals surface area contributed by atoms with Gasteiger partial charge in [-0.1, -0.05) is 0 Å². The van der Waals surface area contributed by atoms with Crippen LogP contribution in [-0.4, -0.2) is 17.0 Å². The summed E-state index contributed by atoms with van der Waals surface area (Å²) in [4.78, 5) is 9.83. The summed E-state index contributed by atoms with van der Waals surface area (Å²) in [5.41, 5.74) is 2.10. The Labute approximate surface area is 86.8 Å². The van der Waals surface area contributed by atoms with Gasteiger partial charge in [0.05, 0.1) is 18.1 Å². The number of anilines is 1. The second-order valence-electron chi connectivity index (χ2n) is 2.93. The molecule has 4 heteroatoms. The summed E-state index contributed by atoms with van der Waals surface area (Å²) in [6.45, 7) is 2.09. The van der Waals surface area contributed by atoms with Gasteiger partial charge in [-0.25, -0.2) is 4.98 Å². The zero-order chi connectivity index (χ0) is 9.97. The molecule has 0 saturated heterocycles. The summed E-state index contributed by atoms with van der Waals surface area (Å²) in [6.07, 6.45) is 3.54. The molecule has 2 aromatic rings. The minimum atomic E-state index is 0.793. The van der Waals surface area contributed by atoms with Crippen molar-refractivity contribution in [1.29, 1.82) is 0 Å². The van der Waals surface area contributed by atoms with Gasteiger partial charge in [0.25, 0.3) is 0 Å². The SMILES string of the molecule is CNc1cnc(-c2ccsc2C)cn1. The second-order valence-corrected chi connectivity index (χ2v) is 4.05. The lowest BCUT2D eigenvalue weighted by Gasteiger charge is -2.00. The lowest BCUT2D eigenvalue weighted by atomic mass is 10.2. The molecule has 0 aliphatic carbocycles. The van der Waals surface area contributed by atoms with E-state index in [-0.39, 0.29) is 0 Å². The first kappa shape index (κ1) is 9.15. The van der Waals surface area contributed by atoms with Gasteiger partial charge in [-0.3, -0.25) is 4.98 Å². The van der Waals surface area contributed by atoms with E-state index in [1.54, 1.807) is 23.7 Å². The molecular weight excluding hydrogens is 194 g/mol. The van der Waals surface area contributed by atoms with Gasteiger partial charge in [-0.15, -0.1) is 11.3 Å². The monoisotopic (exact) mass is 205 g/mol. The van der Waals surface area contributed by atoms with Crippen LogP contribution in [-0.2, 0) is 0 Å². The third kappa shape index (κ3) is 1.61.